The van der Waals surface area contributed by atoms with E-state index in [1.165, 1.54) is 4.90 Å². The van der Waals surface area contributed by atoms with Crippen LogP contribution in [0.3, 0.4) is 0 Å². The summed E-state index contributed by atoms with van der Waals surface area (Å²) in [7, 11) is 1.58. The van der Waals surface area contributed by atoms with Gasteiger partial charge in [0.05, 0.1) is 18.7 Å². The molecule has 0 bridgehead atoms. The van der Waals surface area contributed by atoms with E-state index in [1.807, 2.05) is 52.0 Å². The number of hydrogen-bond acceptors (Lipinski definition) is 5. The van der Waals surface area contributed by atoms with E-state index in [4.69, 9.17) is 4.74 Å². The van der Waals surface area contributed by atoms with Crippen molar-refractivity contribution in [1.29, 1.82) is 0 Å². The molecule has 1 saturated heterocycles. The number of rotatable bonds is 4. The molecule has 0 spiro atoms. The SMILES string of the molecule is COc1cc(C)c(/C(O)=C2\C(=O)C(=O)N(c3cccc(C)c3C)C2c2cccnc2)cc1C. The second-order valence-electron chi connectivity index (χ2n) is 8.31. The monoisotopic (exact) mass is 442 g/mol. The van der Waals surface area contributed by atoms with Crippen molar-refractivity contribution >= 4 is 23.1 Å². The number of nitrogens with zero attached hydrogens (tertiary/aromatic N) is 2. The Morgan fingerprint density at radius 3 is 2.42 bits per heavy atom. The minimum atomic E-state index is -0.805. The molecule has 1 N–H and O–H groups in total. The molecule has 4 rings (SSSR count). The number of methoxy groups -OCH3 is 1. The summed E-state index contributed by atoms with van der Waals surface area (Å²) >= 11 is 0. The summed E-state index contributed by atoms with van der Waals surface area (Å²) in [5.74, 6) is -0.931. The van der Waals surface area contributed by atoms with Gasteiger partial charge in [-0.2, -0.15) is 0 Å². The molecule has 2 heterocycles. The molecule has 1 amide bonds. The van der Waals surface area contributed by atoms with Crippen molar-refractivity contribution in [3.63, 3.8) is 0 Å². The van der Waals surface area contributed by atoms with Gasteiger partial charge in [0.1, 0.15) is 11.5 Å². The summed E-state index contributed by atoms with van der Waals surface area (Å²) in [5.41, 5.74) is 5.24. The van der Waals surface area contributed by atoms with Gasteiger partial charge in [-0.1, -0.05) is 18.2 Å². The maximum atomic E-state index is 13.3. The van der Waals surface area contributed by atoms with E-state index in [9.17, 15) is 14.7 Å². The highest BCUT2D eigenvalue weighted by molar-refractivity contribution is 6.51. The molecule has 2 aromatic carbocycles. The predicted octanol–water partition coefficient (Wildman–Crippen LogP) is 4.95. The Balaban J connectivity index is 2.00. The highest BCUT2D eigenvalue weighted by Crippen LogP contribution is 2.43. The molecule has 6 nitrogen and oxygen atoms in total. The zero-order valence-electron chi connectivity index (χ0n) is 19.3. The number of carbonyl (C=O) groups excluding carboxylic acids is 2. The Morgan fingerprint density at radius 2 is 1.76 bits per heavy atom. The number of amides is 1. The van der Waals surface area contributed by atoms with E-state index in [1.54, 1.807) is 37.7 Å². The van der Waals surface area contributed by atoms with Crippen LogP contribution >= 0.6 is 0 Å². The number of hydrogen-bond donors (Lipinski definition) is 1. The van der Waals surface area contributed by atoms with Gasteiger partial charge in [0, 0.05) is 23.6 Å². The number of Topliss-reactive ketones (excluding diaryl/α,β-unsaturated/α-hetero) is 1. The second-order valence-corrected chi connectivity index (χ2v) is 8.31. The predicted molar refractivity (Wildman–Crippen MR) is 127 cm³/mol. The first-order chi connectivity index (χ1) is 15.8. The van der Waals surface area contributed by atoms with Crippen molar-refractivity contribution in [3.05, 3.63) is 93.8 Å². The molecule has 1 aliphatic rings. The molecule has 6 heteroatoms. The molecule has 1 fully saturated rings. The van der Waals surface area contributed by atoms with E-state index in [0.717, 1.165) is 22.3 Å². The maximum absolute atomic E-state index is 13.3. The molecule has 1 atom stereocenters. The van der Waals surface area contributed by atoms with Crippen LogP contribution < -0.4 is 9.64 Å². The number of aryl methyl sites for hydroxylation is 3. The van der Waals surface area contributed by atoms with Crippen LogP contribution in [-0.2, 0) is 9.59 Å². The van der Waals surface area contributed by atoms with Crippen LogP contribution in [0.25, 0.3) is 5.76 Å². The molecule has 0 saturated carbocycles. The summed E-state index contributed by atoms with van der Waals surface area (Å²) in [6.07, 6.45) is 3.25. The topological polar surface area (TPSA) is 79.7 Å². The normalized spacial score (nSPS) is 17.5. The molecule has 1 aliphatic heterocycles. The van der Waals surface area contributed by atoms with Gasteiger partial charge < -0.3 is 9.84 Å². The van der Waals surface area contributed by atoms with Gasteiger partial charge in [0.25, 0.3) is 11.7 Å². The van der Waals surface area contributed by atoms with Crippen LogP contribution in [0, 0.1) is 27.7 Å². The largest absolute Gasteiger partial charge is 0.507 e. The standard InChI is InChI=1S/C27H26N2O4/c1-15-8-6-10-21(18(15)4)29-24(19-9-7-11-28-14-19)23(26(31)27(29)32)25(30)20-12-17(3)22(33-5)13-16(20)2/h6-14,24,30H,1-5H3/b25-23+. The van der Waals surface area contributed by atoms with Crippen LogP contribution in [0.5, 0.6) is 5.75 Å². The van der Waals surface area contributed by atoms with E-state index >= 15 is 0 Å². The molecule has 0 radical (unpaired) electrons. The van der Waals surface area contributed by atoms with Gasteiger partial charge in [-0.05, 0) is 79.8 Å². The average Bonchev–Trinajstić information content (AvgIpc) is 3.07. The molecule has 168 valence electrons. The summed E-state index contributed by atoms with van der Waals surface area (Å²) in [4.78, 5) is 32.4. The lowest BCUT2D eigenvalue weighted by Crippen LogP contribution is -2.30. The van der Waals surface area contributed by atoms with Gasteiger partial charge in [-0.15, -0.1) is 0 Å². The first-order valence-electron chi connectivity index (χ1n) is 10.7. The second kappa shape index (κ2) is 8.54. The molecule has 3 aromatic rings. The first kappa shape index (κ1) is 22.3. The van der Waals surface area contributed by atoms with Crippen molar-refractivity contribution < 1.29 is 19.4 Å². The lowest BCUT2D eigenvalue weighted by Gasteiger charge is -2.27. The molecule has 33 heavy (non-hydrogen) atoms. The lowest BCUT2D eigenvalue weighted by molar-refractivity contribution is -0.132. The fraction of sp³-hybridized carbons (Fsp3) is 0.222. The molecule has 0 aliphatic carbocycles. The number of anilines is 1. The summed E-state index contributed by atoms with van der Waals surface area (Å²) < 4.78 is 5.38. The van der Waals surface area contributed by atoms with Crippen LogP contribution in [-0.4, -0.2) is 28.9 Å². The third-order valence-electron chi connectivity index (χ3n) is 6.28. The molecular weight excluding hydrogens is 416 g/mol. The lowest BCUT2D eigenvalue weighted by atomic mass is 9.93. The van der Waals surface area contributed by atoms with E-state index in [2.05, 4.69) is 4.98 Å². The quantitative estimate of drug-likeness (QED) is 0.351. The van der Waals surface area contributed by atoms with Crippen molar-refractivity contribution in [2.45, 2.75) is 33.7 Å². The number of aliphatic hydroxyl groups is 1. The number of pyridine rings is 1. The van der Waals surface area contributed by atoms with Crippen molar-refractivity contribution in [2.75, 3.05) is 12.0 Å². The fourth-order valence-corrected chi connectivity index (χ4v) is 4.34. The Kier molecular flexibility index (Phi) is 5.77. The number of benzene rings is 2. The molecule has 1 aromatic heterocycles. The highest BCUT2D eigenvalue weighted by atomic mass is 16.5. The van der Waals surface area contributed by atoms with E-state index in [0.29, 0.717) is 22.6 Å². The van der Waals surface area contributed by atoms with Crippen LogP contribution in [0.2, 0.25) is 0 Å². The maximum Gasteiger partial charge on any atom is 0.300 e. The van der Waals surface area contributed by atoms with Crippen LogP contribution in [0.4, 0.5) is 5.69 Å². The van der Waals surface area contributed by atoms with E-state index in [-0.39, 0.29) is 11.3 Å². The number of carbonyl (C=O) groups is 2. The van der Waals surface area contributed by atoms with Gasteiger partial charge in [-0.3, -0.25) is 19.5 Å². The van der Waals surface area contributed by atoms with Gasteiger partial charge in [0.2, 0.25) is 0 Å². The minimum absolute atomic E-state index is 0.0431. The summed E-state index contributed by atoms with van der Waals surface area (Å²) in [6, 6.07) is 12.0. The minimum Gasteiger partial charge on any atom is -0.507 e. The summed E-state index contributed by atoms with van der Waals surface area (Å²) in [5, 5.41) is 11.4. The van der Waals surface area contributed by atoms with Gasteiger partial charge in [-0.25, -0.2) is 0 Å². The van der Waals surface area contributed by atoms with E-state index < -0.39 is 17.7 Å². The summed E-state index contributed by atoms with van der Waals surface area (Å²) in [6.45, 7) is 7.57. The van der Waals surface area contributed by atoms with Crippen LogP contribution in [0.15, 0.2) is 60.4 Å². The Labute approximate surface area is 193 Å². The van der Waals surface area contributed by atoms with Gasteiger partial charge >= 0.3 is 0 Å². The Bertz CT molecular complexity index is 1290. The Hall–Kier alpha value is -3.93. The van der Waals surface area contributed by atoms with Crippen LogP contribution in [0.1, 0.15) is 39.4 Å². The molecular formula is C27H26N2O4. The zero-order valence-corrected chi connectivity index (χ0v) is 19.3. The average molecular weight is 443 g/mol. The number of aliphatic hydroxyl groups excluding tert-OH is 1. The smallest absolute Gasteiger partial charge is 0.300 e. The first-order valence-corrected chi connectivity index (χ1v) is 10.7. The fourth-order valence-electron chi connectivity index (χ4n) is 4.34. The van der Waals surface area contributed by atoms with Crippen molar-refractivity contribution in [1.82, 2.24) is 4.98 Å². The third-order valence-corrected chi connectivity index (χ3v) is 6.28. The number of aromatic nitrogens is 1. The zero-order chi connectivity index (χ0) is 23.9. The van der Waals surface area contributed by atoms with Gasteiger partial charge in [0.15, 0.2) is 0 Å². The highest BCUT2D eigenvalue weighted by Gasteiger charge is 2.47. The number of ketones is 1. The van der Waals surface area contributed by atoms with Crippen molar-refractivity contribution in [2.24, 2.45) is 0 Å². The van der Waals surface area contributed by atoms with Crippen molar-refractivity contribution in [3.8, 4) is 5.75 Å². The number of ether oxygens (including phenoxy) is 1. The Morgan fingerprint density at radius 1 is 1.00 bits per heavy atom. The third kappa shape index (κ3) is 3.67. The molecule has 1 unspecified atom stereocenters.